The molecule has 10 nitrogen and oxygen atoms in total. The molecule has 0 bridgehead atoms. The molecule has 0 unspecified atom stereocenters. The van der Waals surface area contributed by atoms with Gasteiger partial charge in [0.05, 0.1) is 18.8 Å². The predicted octanol–water partition coefficient (Wildman–Crippen LogP) is 1.43. The van der Waals surface area contributed by atoms with E-state index in [0.717, 1.165) is 4.68 Å². The molecule has 1 N–H and O–H groups in total. The summed E-state index contributed by atoms with van der Waals surface area (Å²) in [6, 6.07) is 14.8. The molecule has 0 saturated carbocycles. The fourth-order valence-corrected chi connectivity index (χ4v) is 2.86. The molecule has 152 valence electrons. The summed E-state index contributed by atoms with van der Waals surface area (Å²) >= 11 is 0. The summed E-state index contributed by atoms with van der Waals surface area (Å²) < 4.78 is 12.5. The molecular formula is C20H17N5O5. The van der Waals surface area contributed by atoms with Crippen LogP contribution in [0.5, 0.6) is 0 Å². The lowest BCUT2D eigenvalue weighted by atomic mass is 10.1. The Morgan fingerprint density at radius 2 is 1.87 bits per heavy atom. The van der Waals surface area contributed by atoms with Crippen LogP contribution in [-0.4, -0.2) is 39.4 Å². The molecule has 10 heteroatoms. The summed E-state index contributed by atoms with van der Waals surface area (Å²) in [6.07, 6.45) is 0. The van der Waals surface area contributed by atoms with Crippen molar-refractivity contribution in [2.75, 3.05) is 19.0 Å². The lowest BCUT2D eigenvalue weighted by Gasteiger charge is -2.06. The van der Waals surface area contributed by atoms with Crippen LogP contribution in [0.15, 0.2) is 68.6 Å². The standard InChI is InChI=1S/C20H17N5O5/c1-29-11-10-24-20(28)25(23-22-24)15-8-6-14(7-9-15)21-18(26)16-12-13-4-2-3-5-17(13)30-19(16)27/h2-9,12H,10-11H2,1H3,(H,21,26). The first-order chi connectivity index (χ1) is 14.6. The number of carbonyl (C=O) groups excluding carboxylic acids is 1. The van der Waals surface area contributed by atoms with E-state index in [-0.39, 0.29) is 12.1 Å². The van der Waals surface area contributed by atoms with E-state index in [9.17, 15) is 14.4 Å². The average molecular weight is 407 g/mol. The number of benzene rings is 2. The number of fused-ring (bicyclic) bond motifs is 1. The van der Waals surface area contributed by atoms with Crippen LogP contribution < -0.4 is 16.6 Å². The highest BCUT2D eigenvalue weighted by Crippen LogP contribution is 2.15. The van der Waals surface area contributed by atoms with Crippen LogP contribution in [0.3, 0.4) is 0 Å². The molecule has 0 atom stereocenters. The van der Waals surface area contributed by atoms with Gasteiger partial charge in [0.15, 0.2) is 0 Å². The molecule has 4 aromatic rings. The van der Waals surface area contributed by atoms with Gasteiger partial charge in [0.25, 0.3) is 5.91 Å². The molecule has 0 radical (unpaired) electrons. The third-order valence-electron chi connectivity index (χ3n) is 4.40. The molecule has 0 aliphatic carbocycles. The molecule has 1 amide bonds. The van der Waals surface area contributed by atoms with Crippen LogP contribution in [0.2, 0.25) is 0 Å². The van der Waals surface area contributed by atoms with Crippen LogP contribution in [0.25, 0.3) is 16.7 Å². The molecule has 0 spiro atoms. The molecular weight excluding hydrogens is 390 g/mol. The van der Waals surface area contributed by atoms with Crippen molar-refractivity contribution in [3.05, 3.63) is 81.1 Å². The van der Waals surface area contributed by atoms with Crippen molar-refractivity contribution in [1.82, 2.24) is 19.8 Å². The number of aromatic nitrogens is 4. The van der Waals surface area contributed by atoms with E-state index in [1.807, 2.05) is 0 Å². The molecule has 0 aliphatic heterocycles. The van der Waals surface area contributed by atoms with E-state index in [1.54, 1.807) is 48.5 Å². The van der Waals surface area contributed by atoms with Gasteiger partial charge in [-0.2, -0.15) is 9.36 Å². The first kappa shape index (κ1) is 19.3. The van der Waals surface area contributed by atoms with Crippen molar-refractivity contribution in [3.8, 4) is 5.69 Å². The Bertz CT molecular complexity index is 1320. The van der Waals surface area contributed by atoms with Gasteiger partial charge in [-0.1, -0.05) is 18.2 Å². The van der Waals surface area contributed by atoms with E-state index in [4.69, 9.17) is 9.15 Å². The quantitative estimate of drug-likeness (QED) is 0.480. The zero-order valence-corrected chi connectivity index (χ0v) is 15.9. The van der Waals surface area contributed by atoms with Gasteiger partial charge in [-0.25, -0.2) is 9.59 Å². The first-order valence-electron chi connectivity index (χ1n) is 9.03. The molecule has 2 aromatic carbocycles. The van der Waals surface area contributed by atoms with E-state index in [1.165, 1.54) is 17.9 Å². The first-order valence-corrected chi connectivity index (χ1v) is 9.03. The van der Waals surface area contributed by atoms with Gasteiger partial charge in [-0.05, 0) is 46.8 Å². The van der Waals surface area contributed by atoms with Gasteiger partial charge < -0.3 is 14.5 Å². The fourth-order valence-electron chi connectivity index (χ4n) is 2.86. The molecule has 0 saturated heterocycles. The Balaban J connectivity index is 1.53. The second kappa shape index (κ2) is 8.13. The number of hydrogen-bond donors (Lipinski definition) is 1. The second-order valence-corrected chi connectivity index (χ2v) is 6.38. The third-order valence-corrected chi connectivity index (χ3v) is 4.40. The van der Waals surface area contributed by atoms with Crippen molar-refractivity contribution in [3.63, 3.8) is 0 Å². The summed E-state index contributed by atoms with van der Waals surface area (Å²) in [4.78, 5) is 37.0. The Morgan fingerprint density at radius 3 is 2.63 bits per heavy atom. The van der Waals surface area contributed by atoms with Gasteiger partial charge in [0.1, 0.15) is 11.1 Å². The minimum Gasteiger partial charge on any atom is -0.422 e. The van der Waals surface area contributed by atoms with Crippen LogP contribution in [0.1, 0.15) is 10.4 Å². The predicted molar refractivity (Wildman–Crippen MR) is 108 cm³/mol. The monoisotopic (exact) mass is 407 g/mol. The van der Waals surface area contributed by atoms with Crippen molar-refractivity contribution >= 4 is 22.6 Å². The highest BCUT2D eigenvalue weighted by atomic mass is 16.5. The van der Waals surface area contributed by atoms with E-state index in [2.05, 4.69) is 15.7 Å². The van der Waals surface area contributed by atoms with Crippen LogP contribution >= 0.6 is 0 Å². The molecule has 2 aromatic heterocycles. The number of ether oxygens (including phenoxy) is 1. The van der Waals surface area contributed by atoms with Crippen LogP contribution in [0, 0.1) is 0 Å². The van der Waals surface area contributed by atoms with E-state index >= 15 is 0 Å². The molecule has 0 aliphatic rings. The highest BCUT2D eigenvalue weighted by molar-refractivity contribution is 6.05. The maximum Gasteiger partial charge on any atom is 0.368 e. The SMILES string of the molecule is COCCn1nnn(-c2ccc(NC(=O)c3cc4ccccc4oc3=O)cc2)c1=O. The summed E-state index contributed by atoms with van der Waals surface area (Å²) in [6.45, 7) is 0.629. The van der Waals surface area contributed by atoms with Gasteiger partial charge >= 0.3 is 11.3 Å². The van der Waals surface area contributed by atoms with E-state index in [0.29, 0.717) is 29.0 Å². The van der Waals surface area contributed by atoms with Gasteiger partial charge in [0.2, 0.25) is 0 Å². The third kappa shape index (κ3) is 3.76. The maximum atomic E-state index is 12.5. The lowest BCUT2D eigenvalue weighted by Crippen LogP contribution is -2.25. The molecule has 4 rings (SSSR count). The number of amides is 1. The average Bonchev–Trinajstić information content (AvgIpc) is 3.12. The highest BCUT2D eigenvalue weighted by Gasteiger charge is 2.14. The topological polar surface area (TPSA) is 121 Å². The molecule has 2 heterocycles. The van der Waals surface area contributed by atoms with Crippen molar-refractivity contribution in [2.24, 2.45) is 0 Å². The zero-order chi connectivity index (χ0) is 21.1. The number of rotatable bonds is 6. The van der Waals surface area contributed by atoms with Crippen molar-refractivity contribution in [1.29, 1.82) is 0 Å². The molecule has 30 heavy (non-hydrogen) atoms. The van der Waals surface area contributed by atoms with Crippen LogP contribution in [-0.2, 0) is 11.3 Å². The van der Waals surface area contributed by atoms with Crippen molar-refractivity contribution in [2.45, 2.75) is 6.54 Å². The summed E-state index contributed by atoms with van der Waals surface area (Å²) in [7, 11) is 1.53. The number of anilines is 1. The number of carbonyl (C=O) groups is 1. The summed E-state index contributed by atoms with van der Waals surface area (Å²) in [5.41, 5.74) is 0.102. The number of tetrazole rings is 1. The number of methoxy groups -OCH3 is 1. The Kier molecular flexibility index (Phi) is 5.22. The number of hydrogen-bond acceptors (Lipinski definition) is 7. The second-order valence-electron chi connectivity index (χ2n) is 6.38. The minimum atomic E-state index is -0.720. The smallest absolute Gasteiger partial charge is 0.368 e. The zero-order valence-electron chi connectivity index (χ0n) is 15.9. The Morgan fingerprint density at radius 1 is 1.10 bits per heavy atom. The van der Waals surface area contributed by atoms with Gasteiger partial charge in [-0.15, -0.1) is 0 Å². The number of para-hydroxylation sites is 1. The minimum absolute atomic E-state index is 0.102. The summed E-state index contributed by atoms with van der Waals surface area (Å²) in [5, 5.41) is 10.9. The Labute approximate surface area is 169 Å². The Hall–Kier alpha value is -4.05. The fraction of sp³-hybridized carbons (Fsp3) is 0.150. The lowest BCUT2D eigenvalue weighted by molar-refractivity contribution is 0.102. The van der Waals surface area contributed by atoms with Crippen LogP contribution in [0.4, 0.5) is 5.69 Å². The number of nitrogens with one attached hydrogen (secondary N) is 1. The van der Waals surface area contributed by atoms with Gasteiger partial charge in [0, 0.05) is 18.2 Å². The number of nitrogens with zero attached hydrogens (tertiary/aromatic N) is 4. The largest absolute Gasteiger partial charge is 0.422 e. The maximum absolute atomic E-state index is 12.5. The summed E-state index contributed by atoms with van der Waals surface area (Å²) in [5.74, 6) is -0.593. The normalized spacial score (nSPS) is 11.0. The van der Waals surface area contributed by atoms with Crippen molar-refractivity contribution < 1.29 is 13.9 Å². The molecule has 0 fully saturated rings. The van der Waals surface area contributed by atoms with E-state index < -0.39 is 17.2 Å². The van der Waals surface area contributed by atoms with Gasteiger partial charge in [-0.3, -0.25) is 4.79 Å².